The van der Waals surface area contributed by atoms with E-state index < -0.39 is 0 Å². The van der Waals surface area contributed by atoms with E-state index in [1.807, 2.05) is 7.11 Å². The molecular weight excluding hydrogens is 200 g/mol. The zero-order valence-corrected chi connectivity index (χ0v) is 10.4. The molecule has 4 rings (SSSR count). The van der Waals surface area contributed by atoms with Crippen LogP contribution in [0.3, 0.4) is 0 Å². The van der Waals surface area contributed by atoms with E-state index in [1.165, 1.54) is 51.7 Å². The maximum Gasteiger partial charge on any atom is 0.0802 e. The highest BCUT2D eigenvalue weighted by atomic mass is 16.5. The molecule has 1 atom stereocenters. The maximum atomic E-state index is 5.67. The summed E-state index contributed by atoms with van der Waals surface area (Å²) in [5.74, 6) is 0.930. The highest BCUT2D eigenvalue weighted by molar-refractivity contribution is 4.96. The molecule has 0 spiro atoms. The quantitative estimate of drug-likeness (QED) is 0.777. The zero-order chi connectivity index (χ0) is 11.0. The van der Waals surface area contributed by atoms with Gasteiger partial charge in [0, 0.05) is 26.2 Å². The van der Waals surface area contributed by atoms with Gasteiger partial charge in [0.2, 0.25) is 0 Å². The molecule has 4 fully saturated rings. The van der Waals surface area contributed by atoms with Crippen LogP contribution < -0.4 is 5.32 Å². The zero-order valence-electron chi connectivity index (χ0n) is 10.4. The van der Waals surface area contributed by atoms with Gasteiger partial charge in [-0.15, -0.1) is 0 Å². The van der Waals surface area contributed by atoms with E-state index in [1.54, 1.807) is 0 Å². The van der Waals surface area contributed by atoms with Crippen LogP contribution in [0.5, 0.6) is 0 Å². The lowest BCUT2D eigenvalue weighted by Crippen LogP contribution is -2.59. The first-order chi connectivity index (χ1) is 7.81. The fourth-order valence-corrected chi connectivity index (χ4v) is 3.54. The summed E-state index contributed by atoms with van der Waals surface area (Å²) in [5, 5.41) is 3.78. The predicted octanol–water partition coefficient (Wildman–Crippen LogP) is 1.24. The molecule has 1 N–H and O–H groups in total. The molecule has 2 bridgehead atoms. The Kier molecular flexibility index (Phi) is 2.94. The van der Waals surface area contributed by atoms with E-state index in [0.29, 0.717) is 0 Å². The highest BCUT2D eigenvalue weighted by Crippen LogP contribution is 2.35. The lowest BCUT2D eigenvalue weighted by molar-refractivity contribution is -0.0748. The summed E-state index contributed by atoms with van der Waals surface area (Å²) >= 11 is 0. The van der Waals surface area contributed by atoms with Crippen molar-refractivity contribution in [3.05, 3.63) is 0 Å². The smallest absolute Gasteiger partial charge is 0.0802 e. The number of hydrogen-bond donors (Lipinski definition) is 1. The molecule has 3 aliphatic heterocycles. The van der Waals surface area contributed by atoms with E-state index in [-0.39, 0.29) is 5.60 Å². The van der Waals surface area contributed by atoms with Crippen molar-refractivity contribution in [1.29, 1.82) is 0 Å². The Hall–Kier alpha value is -0.120. The molecule has 1 aliphatic carbocycles. The van der Waals surface area contributed by atoms with Crippen LogP contribution in [0.25, 0.3) is 0 Å². The lowest BCUT2D eigenvalue weighted by Gasteiger charge is -2.47. The van der Waals surface area contributed by atoms with E-state index in [0.717, 1.165) is 18.5 Å². The van der Waals surface area contributed by atoms with Crippen molar-refractivity contribution >= 4 is 0 Å². The largest absolute Gasteiger partial charge is 0.377 e. The summed E-state index contributed by atoms with van der Waals surface area (Å²) in [6.07, 6.45) is 6.64. The Balaban J connectivity index is 1.51. The van der Waals surface area contributed by atoms with Crippen LogP contribution in [0.1, 0.15) is 32.1 Å². The Morgan fingerprint density at radius 1 is 1.31 bits per heavy atom. The average molecular weight is 224 g/mol. The number of methoxy groups -OCH3 is 1. The van der Waals surface area contributed by atoms with Gasteiger partial charge in [-0.2, -0.15) is 0 Å². The molecule has 0 aromatic heterocycles. The summed E-state index contributed by atoms with van der Waals surface area (Å²) in [6, 6.07) is 0.732. The summed E-state index contributed by atoms with van der Waals surface area (Å²) < 4.78 is 5.67. The lowest BCUT2D eigenvalue weighted by atomic mass is 9.78. The van der Waals surface area contributed by atoms with Crippen LogP contribution in [0.4, 0.5) is 0 Å². The van der Waals surface area contributed by atoms with Gasteiger partial charge in [0.15, 0.2) is 0 Å². The number of nitrogens with zero attached hydrogens (tertiary/aromatic N) is 1. The van der Waals surface area contributed by atoms with Crippen molar-refractivity contribution in [2.24, 2.45) is 5.92 Å². The molecular formula is C13H24N2O. The van der Waals surface area contributed by atoms with Crippen molar-refractivity contribution in [3.8, 4) is 0 Å². The van der Waals surface area contributed by atoms with Gasteiger partial charge < -0.3 is 15.0 Å². The van der Waals surface area contributed by atoms with Gasteiger partial charge in [-0.1, -0.05) is 0 Å². The second kappa shape index (κ2) is 4.28. The van der Waals surface area contributed by atoms with Crippen molar-refractivity contribution in [2.45, 2.75) is 43.7 Å². The Bertz CT molecular complexity index is 239. The third-order valence-corrected chi connectivity index (χ3v) is 5.04. The standard InChI is InChI=1S/C13H24N2O/c1-16-13(5-2-6-13)10-14-12-9-15-7-3-11(12)4-8-15/h11-12,14H,2-10H2,1H3. The molecule has 0 amide bonds. The molecule has 3 nitrogen and oxygen atoms in total. The Morgan fingerprint density at radius 3 is 2.50 bits per heavy atom. The minimum Gasteiger partial charge on any atom is -0.377 e. The minimum absolute atomic E-state index is 0.187. The fourth-order valence-electron chi connectivity index (χ4n) is 3.54. The van der Waals surface area contributed by atoms with Crippen LogP contribution in [-0.4, -0.2) is 49.8 Å². The normalized spacial score (nSPS) is 40.7. The fraction of sp³-hybridized carbons (Fsp3) is 1.00. The molecule has 1 unspecified atom stereocenters. The molecule has 1 saturated carbocycles. The molecule has 0 aromatic carbocycles. The number of piperidine rings is 3. The monoisotopic (exact) mass is 224 g/mol. The number of rotatable bonds is 4. The maximum absolute atomic E-state index is 5.67. The van der Waals surface area contributed by atoms with Gasteiger partial charge in [-0.3, -0.25) is 0 Å². The van der Waals surface area contributed by atoms with Gasteiger partial charge in [0.1, 0.15) is 0 Å². The third kappa shape index (κ3) is 1.89. The SMILES string of the molecule is COC1(CNC2CN3CCC2CC3)CCC1. The van der Waals surface area contributed by atoms with Gasteiger partial charge in [-0.05, 0) is 51.1 Å². The first kappa shape index (κ1) is 11.0. The van der Waals surface area contributed by atoms with Crippen molar-refractivity contribution in [2.75, 3.05) is 33.3 Å². The highest BCUT2D eigenvalue weighted by Gasteiger charge is 2.39. The van der Waals surface area contributed by atoms with Crippen LogP contribution in [0.15, 0.2) is 0 Å². The van der Waals surface area contributed by atoms with Gasteiger partial charge in [0.25, 0.3) is 0 Å². The Morgan fingerprint density at radius 2 is 2.06 bits per heavy atom. The van der Waals surface area contributed by atoms with E-state index in [4.69, 9.17) is 4.74 Å². The molecule has 3 heteroatoms. The van der Waals surface area contributed by atoms with E-state index in [9.17, 15) is 0 Å². The molecule has 3 saturated heterocycles. The van der Waals surface area contributed by atoms with Crippen molar-refractivity contribution in [1.82, 2.24) is 10.2 Å². The summed E-state index contributed by atoms with van der Waals surface area (Å²) in [6.45, 7) is 5.00. The van der Waals surface area contributed by atoms with Crippen LogP contribution in [0.2, 0.25) is 0 Å². The molecule has 16 heavy (non-hydrogen) atoms. The topological polar surface area (TPSA) is 24.5 Å². The molecule has 4 aliphatic rings. The molecule has 3 heterocycles. The first-order valence-electron chi connectivity index (χ1n) is 6.82. The number of ether oxygens (including phenoxy) is 1. The van der Waals surface area contributed by atoms with Gasteiger partial charge in [0.05, 0.1) is 5.60 Å². The molecule has 0 aromatic rings. The van der Waals surface area contributed by atoms with Crippen LogP contribution in [-0.2, 0) is 4.74 Å². The van der Waals surface area contributed by atoms with Crippen LogP contribution >= 0.6 is 0 Å². The number of nitrogens with one attached hydrogen (secondary N) is 1. The minimum atomic E-state index is 0.187. The van der Waals surface area contributed by atoms with E-state index >= 15 is 0 Å². The second-order valence-corrected chi connectivity index (χ2v) is 5.87. The second-order valence-electron chi connectivity index (χ2n) is 5.87. The first-order valence-corrected chi connectivity index (χ1v) is 6.82. The van der Waals surface area contributed by atoms with Gasteiger partial charge in [-0.25, -0.2) is 0 Å². The van der Waals surface area contributed by atoms with Crippen LogP contribution in [0, 0.1) is 5.92 Å². The molecule has 92 valence electrons. The van der Waals surface area contributed by atoms with Crippen molar-refractivity contribution < 1.29 is 4.74 Å². The Labute approximate surface area is 98.5 Å². The van der Waals surface area contributed by atoms with E-state index in [2.05, 4.69) is 10.2 Å². The predicted molar refractivity (Wildman–Crippen MR) is 64.5 cm³/mol. The third-order valence-electron chi connectivity index (χ3n) is 5.04. The number of hydrogen-bond acceptors (Lipinski definition) is 3. The molecule has 0 radical (unpaired) electrons. The number of fused-ring (bicyclic) bond motifs is 3. The van der Waals surface area contributed by atoms with Gasteiger partial charge >= 0.3 is 0 Å². The average Bonchev–Trinajstić information content (AvgIpc) is 2.30. The van der Waals surface area contributed by atoms with Crippen molar-refractivity contribution in [3.63, 3.8) is 0 Å². The summed E-state index contributed by atoms with van der Waals surface area (Å²) in [4.78, 5) is 2.61. The summed E-state index contributed by atoms with van der Waals surface area (Å²) in [5.41, 5.74) is 0.187. The summed E-state index contributed by atoms with van der Waals surface area (Å²) in [7, 11) is 1.87.